The lowest BCUT2D eigenvalue weighted by Gasteiger charge is -2.48. The maximum absolute atomic E-state index is 11.6. The standard InChI is InChI=1S/C12H20O4/c1-5-12(6-2)9(15-10(12)13)8-7-14-11(3,4)16-8/h8-9H,5-7H2,1-4H3/t8-,9-/m1/s1. The van der Waals surface area contributed by atoms with Crippen molar-refractivity contribution in [2.45, 2.75) is 58.5 Å². The van der Waals surface area contributed by atoms with E-state index in [9.17, 15) is 4.79 Å². The summed E-state index contributed by atoms with van der Waals surface area (Å²) in [5.41, 5.74) is -0.353. The molecule has 0 bridgehead atoms. The van der Waals surface area contributed by atoms with Crippen LogP contribution in [0.4, 0.5) is 0 Å². The van der Waals surface area contributed by atoms with Crippen LogP contribution in [0.15, 0.2) is 0 Å². The number of hydrogen-bond donors (Lipinski definition) is 0. The van der Waals surface area contributed by atoms with Crippen molar-refractivity contribution in [3.05, 3.63) is 0 Å². The Morgan fingerprint density at radius 1 is 1.31 bits per heavy atom. The Balaban J connectivity index is 2.09. The summed E-state index contributed by atoms with van der Waals surface area (Å²) in [7, 11) is 0. The van der Waals surface area contributed by atoms with Crippen molar-refractivity contribution in [2.24, 2.45) is 5.41 Å². The second kappa shape index (κ2) is 3.70. The monoisotopic (exact) mass is 228 g/mol. The van der Waals surface area contributed by atoms with Crippen LogP contribution in [0.5, 0.6) is 0 Å². The highest BCUT2D eigenvalue weighted by Gasteiger charge is 2.60. The van der Waals surface area contributed by atoms with Crippen molar-refractivity contribution in [1.29, 1.82) is 0 Å². The van der Waals surface area contributed by atoms with E-state index in [2.05, 4.69) is 0 Å². The molecule has 0 unspecified atom stereocenters. The second-order valence-electron chi connectivity index (χ2n) is 5.06. The van der Waals surface area contributed by atoms with E-state index >= 15 is 0 Å². The molecule has 0 amide bonds. The minimum absolute atomic E-state index is 0.0872. The lowest BCUT2D eigenvalue weighted by atomic mass is 9.71. The normalized spacial score (nSPS) is 35.6. The molecule has 4 nitrogen and oxygen atoms in total. The third kappa shape index (κ3) is 1.55. The predicted molar refractivity (Wildman–Crippen MR) is 57.8 cm³/mol. The van der Waals surface area contributed by atoms with Crippen molar-refractivity contribution in [2.75, 3.05) is 6.61 Å². The first-order chi connectivity index (χ1) is 7.45. The summed E-state index contributed by atoms with van der Waals surface area (Å²) in [6.07, 6.45) is 1.34. The number of rotatable bonds is 3. The summed E-state index contributed by atoms with van der Waals surface area (Å²) in [4.78, 5) is 11.6. The lowest BCUT2D eigenvalue weighted by molar-refractivity contribution is -0.235. The Bertz CT molecular complexity index is 293. The molecule has 0 aromatic rings. The zero-order chi connectivity index (χ0) is 12.0. The Morgan fingerprint density at radius 3 is 2.31 bits per heavy atom. The molecule has 0 saturated carbocycles. The molecule has 0 radical (unpaired) electrons. The maximum Gasteiger partial charge on any atom is 0.316 e. The zero-order valence-corrected chi connectivity index (χ0v) is 10.4. The van der Waals surface area contributed by atoms with E-state index in [4.69, 9.17) is 14.2 Å². The molecule has 0 aliphatic carbocycles. The number of ether oxygens (including phenoxy) is 3. The van der Waals surface area contributed by atoms with E-state index < -0.39 is 5.79 Å². The largest absolute Gasteiger partial charge is 0.458 e. The van der Waals surface area contributed by atoms with Crippen molar-refractivity contribution in [3.63, 3.8) is 0 Å². The number of cyclic esters (lactones) is 1. The molecule has 2 fully saturated rings. The Kier molecular flexibility index (Phi) is 2.75. The molecule has 2 saturated heterocycles. The van der Waals surface area contributed by atoms with Gasteiger partial charge in [0.2, 0.25) is 0 Å². The quantitative estimate of drug-likeness (QED) is 0.692. The van der Waals surface area contributed by atoms with Crippen LogP contribution in [0.1, 0.15) is 40.5 Å². The minimum Gasteiger partial charge on any atom is -0.458 e. The van der Waals surface area contributed by atoms with Gasteiger partial charge in [0.25, 0.3) is 0 Å². The van der Waals surface area contributed by atoms with Gasteiger partial charge in [0.1, 0.15) is 17.6 Å². The highest BCUT2D eigenvalue weighted by molar-refractivity contribution is 5.83. The van der Waals surface area contributed by atoms with Gasteiger partial charge in [0.05, 0.1) is 6.61 Å². The van der Waals surface area contributed by atoms with E-state index in [0.717, 1.165) is 12.8 Å². The molecule has 2 heterocycles. The molecule has 4 heteroatoms. The fraction of sp³-hybridized carbons (Fsp3) is 0.917. The van der Waals surface area contributed by atoms with E-state index in [1.165, 1.54) is 0 Å². The van der Waals surface area contributed by atoms with Gasteiger partial charge in [-0.15, -0.1) is 0 Å². The fourth-order valence-electron chi connectivity index (χ4n) is 2.64. The minimum atomic E-state index is -0.556. The van der Waals surface area contributed by atoms with Gasteiger partial charge in [0.15, 0.2) is 5.79 Å². The molecular weight excluding hydrogens is 208 g/mol. The van der Waals surface area contributed by atoms with Crippen LogP contribution in [-0.2, 0) is 19.0 Å². The van der Waals surface area contributed by atoms with Gasteiger partial charge in [-0.2, -0.15) is 0 Å². The summed E-state index contributed by atoms with van der Waals surface area (Å²) >= 11 is 0. The summed E-state index contributed by atoms with van der Waals surface area (Å²) in [5, 5.41) is 0. The number of esters is 1. The van der Waals surface area contributed by atoms with Crippen LogP contribution in [0.2, 0.25) is 0 Å². The first-order valence-corrected chi connectivity index (χ1v) is 5.98. The van der Waals surface area contributed by atoms with Gasteiger partial charge in [-0.1, -0.05) is 13.8 Å². The zero-order valence-electron chi connectivity index (χ0n) is 10.4. The van der Waals surface area contributed by atoms with Crippen molar-refractivity contribution in [3.8, 4) is 0 Å². The van der Waals surface area contributed by atoms with Gasteiger partial charge in [-0.3, -0.25) is 4.79 Å². The Morgan fingerprint density at radius 2 is 1.94 bits per heavy atom. The van der Waals surface area contributed by atoms with Crippen molar-refractivity contribution < 1.29 is 19.0 Å². The van der Waals surface area contributed by atoms with Gasteiger partial charge < -0.3 is 14.2 Å². The third-order valence-electron chi connectivity index (χ3n) is 3.82. The lowest BCUT2D eigenvalue weighted by Crippen LogP contribution is -2.61. The van der Waals surface area contributed by atoms with Crippen LogP contribution in [0, 0.1) is 5.41 Å². The number of carbonyl (C=O) groups is 1. The van der Waals surface area contributed by atoms with Gasteiger partial charge in [-0.05, 0) is 26.7 Å². The molecule has 16 heavy (non-hydrogen) atoms. The molecular formula is C12H20O4. The average molecular weight is 228 g/mol. The first kappa shape index (κ1) is 11.9. The average Bonchev–Trinajstić information content (AvgIpc) is 2.57. The van der Waals surface area contributed by atoms with E-state index in [1.807, 2.05) is 27.7 Å². The van der Waals surface area contributed by atoms with Crippen LogP contribution < -0.4 is 0 Å². The molecule has 0 aromatic carbocycles. The predicted octanol–water partition coefficient (Wildman–Crippen LogP) is 1.87. The SMILES string of the molecule is CCC1(CC)C(=O)O[C@@H]1[C@H]1COC(C)(C)O1. The van der Waals surface area contributed by atoms with Crippen LogP contribution >= 0.6 is 0 Å². The fourth-order valence-corrected chi connectivity index (χ4v) is 2.64. The summed E-state index contributed by atoms with van der Waals surface area (Å²) in [5.74, 6) is -0.643. The highest BCUT2D eigenvalue weighted by atomic mass is 16.8. The van der Waals surface area contributed by atoms with Gasteiger partial charge >= 0.3 is 5.97 Å². The molecule has 0 spiro atoms. The van der Waals surface area contributed by atoms with Crippen molar-refractivity contribution in [1.82, 2.24) is 0 Å². The van der Waals surface area contributed by atoms with E-state index in [0.29, 0.717) is 6.61 Å². The number of hydrogen-bond acceptors (Lipinski definition) is 4. The molecule has 0 N–H and O–H groups in total. The second-order valence-corrected chi connectivity index (χ2v) is 5.06. The summed E-state index contributed by atoms with van der Waals surface area (Å²) in [6, 6.07) is 0. The summed E-state index contributed by atoms with van der Waals surface area (Å²) in [6.45, 7) is 8.32. The first-order valence-electron chi connectivity index (χ1n) is 5.98. The molecule has 2 atom stereocenters. The Labute approximate surface area is 96.2 Å². The van der Waals surface area contributed by atoms with E-state index in [-0.39, 0.29) is 23.6 Å². The number of carbonyl (C=O) groups excluding carboxylic acids is 1. The molecule has 2 aliphatic heterocycles. The van der Waals surface area contributed by atoms with Crippen LogP contribution in [-0.4, -0.2) is 30.6 Å². The maximum atomic E-state index is 11.6. The molecule has 0 aromatic heterocycles. The summed E-state index contributed by atoms with van der Waals surface area (Å²) < 4.78 is 16.5. The smallest absolute Gasteiger partial charge is 0.316 e. The van der Waals surface area contributed by atoms with Crippen molar-refractivity contribution >= 4 is 5.97 Å². The molecule has 92 valence electrons. The van der Waals surface area contributed by atoms with Crippen LogP contribution in [0.3, 0.4) is 0 Å². The third-order valence-corrected chi connectivity index (χ3v) is 3.82. The topological polar surface area (TPSA) is 44.8 Å². The highest BCUT2D eigenvalue weighted by Crippen LogP contribution is 2.46. The molecule has 2 rings (SSSR count). The molecule has 2 aliphatic rings. The van der Waals surface area contributed by atoms with E-state index in [1.54, 1.807) is 0 Å². The Hall–Kier alpha value is -0.610. The van der Waals surface area contributed by atoms with Gasteiger partial charge in [0, 0.05) is 0 Å². The van der Waals surface area contributed by atoms with Gasteiger partial charge in [-0.25, -0.2) is 0 Å². The van der Waals surface area contributed by atoms with Crippen LogP contribution in [0.25, 0.3) is 0 Å².